The second-order valence-electron chi connectivity index (χ2n) is 4.06. The van der Waals surface area contributed by atoms with Crippen LogP contribution in [0.5, 0.6) is 0 Å². The van der Waals surface area contributed by atoms with E-state index in [0.29, 0.717) is 6.04 Å². The molecule has 0 bridgehead atoms. The van der Waals surface area contributed by atoms with Gasteiger partial charge in [0.05, 0.1) is 0 Å². The van der Waals surface area contributed by atoms with Crippen LogP contribution in [-0.4, -0.2) is 25.7 Å². The molecule has 1 unspecified atom stereocenters. The predicted octanol–water partition coefficient (Wildman–Crippen LogP) is 2.53. The Labute approximate surface area is 96.2 Å². The average Bonchev–Trinajstić information content (AvgIpc) is 2.44. The van der Waals surface area contributed by atoms with Crippen LogP contribution < -0.4 is 10.2 Å². The van der Waals surface area contributed by atoms with E-state index in [4.69, 9.17) is 11.6 Å². The lowest BCUT2D eigenvalue weighted by Gasteiger charge is -2.29. The number of hydrogen-bond donors (Lipinski definition) is 1. The summed E-state index contributed by atoms with van der Waals surface area (Å²) in [6.07, 6.45) is 1.20. The number of nitrogens with zero attached hydrogens (tertiary/aromatic N) is 1. The fourth-order valence-corrected chi connectivity index (χ4v) is 2.15. The lowest BCUT2D eigenvalue weighted by atomic mass is 10.2. The van der Waals surface area contributed by atoms with Crippen molar-refractivity contribution in [2.24, 2.45) is 0 Å². The number of rotatable bonds is 1. The topological polar surface area (TPSA) is 15.3 Å². The molecular weight excluding hydrogens is 208 g/mol. The van der Waals surface area contributed by atoms with Crippen LogP contribution >= 0.6 is 11.6 Å². The van der Waals surface area contributed by atoms with E-state index in [2.05, 4.69) is 29.3 Å². The zero-order valence-corrected chi connectivity index (χ0v) is 9.80. The summed E-state index contributed by atoms with van der Waals surface area (Å²) in [5.41, 5.74) is 1.27. The first-order valence-corrected chi connectivity index (χ1v) is 5.88. The highest BCUT2D eigenvalue weighted by atomic mass is 35.5. The van der Waals surface area contributed by atoms with E-state index < -0.39 is 0 Å². The van der Waals surface area contributed by atoms with Crippen molar-refractivity contribution in [3.63, 3.8) is 0 Å². The number of anilines is 1. The summed E-state index contributed by atoms with van der Waals surface area (Å²) in [6.45, 7) is 5.53. The van der Waals surface area contributed by atoms with Crippen molar-refractivity contribution < 1.29 is 0 Å². The summed E-state index contributed by atoms with van der Waals surface area (Å²) in [5, 5.41) is 4.23. The van der Waals surface area contributed by atoms with E-state index >= 15 is 0 Å². The molecule has 1 saturated heterocycles. The smallest absolute Gasteiger partial charge is 0.0407 e. The Kier molecular flexibility index (Phi) is 3.49. The van der Waals surface area contributed by atoms with E-state index in [0.717, 1.165) is 24.7 Å². The number of nitrogens with one attached hydrogen (secondary N) is 1. The van der Waals surface area contributed by atoms with Crippen molar-refractivity contribution in [2.45, 2.75) is 19.4 Å². The number of benzene rings is 1. The van der Waals surface area contributed by atoms with Gasteiger partial charge in [-0.15, -0.1) is 0 Å². The standard InChI is InChI=1S/C12H17ClN2/c1-10-6-7-14-8-9-15(10)12-4-2-11(13)3-5-12/h2-5,10,14H,6-9H2,1H3. The highest BCUT2D eigenvalue weighted by Crippen LogP contribution is 2.21. The zero-order chi connectivity index (χ0) is 10.7. The van der Waals surface area contributed by atoms with Gasteiger partial charge in [0, 0.05) is 29.8 Å². The number of halogens is 1. The second kappa shape index (κ2) is 4.86. The van der Waals surface area contributed by atoms with Crippen LogP contribution in [0.15, 0.2) is 24.3 Å². The van der Waals surface area contributed by atoms with Crippen molar-refractivity contribution in [3.8, 4) is 0 Å². The third-order valence-corrected chi connectivity index (χ3v) is 3.21. The fraction of sp³-hybridized carbons (Fsp3) is 0.500. The van der Waals surface area contributed by atoms with E-state index in [9.17, 15) is 0 Å². The molecule has 2 nitrogen and oxygen atoms in total. The summed E-state index contributed by atoms with van der Waals surface area (Å²) in [7, 11) is 0. The molecule has 0 radical (unpaired) electrons. The van der Waals surface area contributed by atoms with Crippen LogP contribution in [0.4, 0.5) is 5.69 Å². The van der Waals surface area contributed by atoms with Gasteiger partial charge in [0.1, 0.15) is 0 Å². The third-order valence-electron chi connectivity index (χ3n) is 2.96. The summed E-state index contributed by atoms with van der Waals surface area (Å²) in [5.74, 6) is 0. The molecule has 82 valence electrons. The van der Waals surface area contributed by atoms with Gasteiger partial charge in [0.25, 0.3) is 0 Å². The van der Waals surface area contributed by atoms with Crippen LogP contribution in [0.1, 0.15) is 13.3 Å². The van der Waals surface area contributed by atoms with Crippen molar-refractivity contribution in [2.75, 3.05) is 24.5 Å². The predicted molar refractivity (Wildman–Crippen MR) is 65.7 cm³/mol. The molecule has 1 aliphatic heterocycles. The largest absolute Gasteiger partial charge is 0.368 e. The molecule has 3 heteroatoms. The summed E-state index contributed by atoms with van der Waals surface area (Å²) in [6, 6.07) is 8.72. The summed E-state index contributed by atoms with van der Waals surface area (Å²) < 4.78 is 0. The Morgan fingerprint density at radius 3 is 2.73 bits per heavy atom. The maximum Gasteiger partial charge on any atom is 0.0407 e. The molecule has 0 aromatic heterocycles. The van der Waals surface area contributed by atoms with Gasteiger partial charge in [-0.3, -0.25) is 0 Å². The summed E-state index contributed by atoms with van der Waals surface area (Å²) in [4.78, 5) is 2.44. The normalized spacial score (nSPS) is 22.5. The van der Waals surface area contributed by atoms with E-state index in [-0.39, 0.29) is 0 Å². The van der Waals surface area contributed by atoms with Gasteiger partial charge in [-0.1, -0.05) is 11.6 Å². The van der Waals surface area contributed by atoms with Gasteiger partial charge >= 0.3 is 0 Å². The molecule has 1 fully saturated rings. The van der Waals surface area contributed by atoms with Crippen LogP contribution in [0.2, 0.25) is 5.02 Å². The first kappa shape index (κ1) is 10.8. The fourth-order valence-electron chi connectivity index (χ4n) is 2.03. The van der Waals surface area contributed by atoms with Gasteiger partial charge in [-0.2, -0.15) is 0 Å². The van der Waals surface area contributed by atoms with E-state index in [1.165, 1.54) is 12.1 Å². The van der Waals surface area contributed by atoms with Gasteiger partial charge in [0.2, 0.25) is 0 Å². The molecule has 0 aliphatic carbocycles. The van der Waals surface area contributed by atoms with Crippen LogP contribution in [0, 0.1) is 0 Å². The van der Waals surface area contributed by atoms with Crippen LogP contribution in [0.3, 0.4) is 0 Å². The highest BCUT2D eigenvalue weighted by Gasteiger charge is 2.16. The van der Waals surface area contributed by atoms with Crippen molar-refractivity contribution in [1.29, 1.82) is 0 Å². The van der Waals surface area contributed by atoms with E-state index in [1.54, 1.807) is 0 Å². The van der Waals surface area contributed by atoms with Crippen molar-refractivity contribution >= 4 is 17.3 Å². The molecule has 1 aromatic rings. The Bertz CT molecular complexity index is 310. The molecule has 1 N–H and O–H groups in total. The first-order chi connectivity index (χ1) is 7.27. The lowest BCUT2D eigenvalue weighted by Crippen LogP contribution is -2.34. The molecule has 1 aliphatic rings. The van der Waals surface area contributed by atoms with Crippen LogP contribution in [0.25, 0.3) is 0 Å². The highest BCUT2D eigenvalue weighted by molar-refractivity contribution is 6.30. The minimum atomic E-state index is 0.598. The van der Waals surface area contributed by atoms with Crippen molar-refractivity contribution in [3.05, 3.63) is 29.3 Å². The maximum atomic E-state index is 5.89. The molecule has 1 aromatic carbocycles. The zero-order valence-electron chi connectivity index (χ0n) is 9.04. The third kappa shape index (κ3) is 2.64. The molecule has 1 heterocycles. The minimum Gasteiger partial charge on any atom is -0.368 e. The van der Waals surface area contributed by atoms with E-state index in [1.807, 2.05) is 12.1 Å². The Hall–Kier alpha value is -0.730. The van der Waals surface area contributed by atoms with Gasteiger partial charge < -0.3 is 10.2 Å². The Morgan fingerprint density at radius 1 is 1.27 bits per heavy atom. The summed E-state index contributed by atoms with van der Waals surface area (Å²) >= 11 is 5.89. The average molecular weight is 225 g/mol. The van der Waals surface area contributed by atoms with Gasteiger partial charge in [-0.25, -0.2) is 0 Å². The lowest BCUT2D eigenvalue weighted by molar-refractivity contribution is 0.631. The quantitative estimate of drug-likeness (QED) is 0.789. The van der Waals surface area contributed by atoms with Gasteiger partial charge in [0.15, 0.2) is 0 Å². The maximum absolute atomic E-state index is 5.89. The minimum absolute atomic E-state index is 0.598. The Balaban J connectivity index is 2.16. The molecule has 15 heavy (non-hydrogen) atoms. The molecule has 0 saturated carbocycles. The first-order valence-electron chi connectivity index (χ1n) is 5.50. The molecule has 2 rings (SSSR count). The Morgan fingerprint density at radius 2 is 2.00 bits per heavy atom. The molecular formula is C12H17ClN2. The van der Waals surface area contributed by atoms with Gasteiger partial charge in [-0.05, 0) is 44.2 Å². The molecule has 0 spiro atoms. The molecule has 0 amide bonds. The number of hydrogen-bond acceptors (Lipinski definition) is 2. The van der Waals surface area contributed by atoms with Crippen molar-refractivity contribution in [1.82, 2.24) is 5.32 Å². The SMILES string of the molecule is CC1CCNCCN1c1ccc(Cl)cc1. The second-order valence-corrected chi connectivity index (χ2v) is 4.49. The monoisotopic (exact) mass is 224 g/mol. The van der Waals surface area contributed by atoms with Crippen LogP contribution in [-0.2, 0) is 0 Å². The molecule has 1 atom stereocenters.